The van der Waals surface area contributed by atoms with Crippen molar-refractivity contribution in [2.45, 2.75) is 51.9 Å². The molecule has 3 heteroatoms. The van der Waals surface area contributed by atoms with Crippen LogP contribution < -0.4 is 4.74 Å². The van der Waals surface area contributed by atoms with E-state index in [1.807, 2.05) is 13.0 Å². The fraction of sp³-hybridized carbons (Fsp3) is 0.381. The molecule has 2 aliphatic heterocycles. The lowest BCUT2D eigenvalue weighted by Crippen LogP contribution is -2.13. The molecule has 0 fully saturated rings. The van der Waals surface area contributed by atoms with Crippen molar-refractivity contribution in [3.05, 3.63) is 58.7 Å². The maximum absolute atomic E-state index is 12.5. The molecule has 2 bridgehead atoms. The van der Waals surface area contributed by atoms with E-state index in [2.05, 4.69) is 19.6 Å². The van der Waals surface area contributed by atoms with Crippen LogP contribution in [-0.2, 0) is 11.2 Å². The van der Waals surface area contributed by atoms with Crippen LogP contribution in [-0.4, -0.2) is 11.1 Å². The molecule has 0 aliphatic carbocycles. The molecule has 126 valence electrons. The van der Waals surface area contributed by atoms with Crippen LogP contribution in [0.15, 0.2) is 47.6 Å². The predicted molar refractivity (Wildman–Crippen MR) is 95.3 cm³/mol. The Bertz CT molecular complexity index is 753. The molecule has 0 saturated heterocycles. The van der Waals surface area contributed by atoms with Gasteiger partial charge >= 0.3 is 5.97 Å². The lowest BCUT2D eigenvalue weighted by atomic mass is 9.85. The van der Waals surface area contributed by atoms with Crippen molar-refractivity contribution in [1.29, 1.82) is 0 Å². The van der Waals surface area contributed by atoms with Crippen molar-refractivity contribution < 1.29 is 14.6 Å². The zero-order valence-electron chi connectivity index (χ0n) is 14.4. The van der Waals surface area contributed by atoms with Gasteiger partial charge < -0.3 is 9.84 Å². The van der Waals surface area contributed by atoms with Crippen molar-refractivity contribution in [3.8, 4) is 11.5 Å². The van der Waals surface area contributed by atoms with E-state index in [9.17, 15) is 9.90 Å². The minimum absolute atomic E-state index is 0.0583. The molecule has 1 aromatic carbocycles. The number of allylic oxidation sites excluding steroid dienone is 4. The number of rotatable bonds is 1. The highest BCUT2D eigenvalue weighted by atomic mass is 16.5. The first-order chi connectivity index (χ1) is 11.5. The second-order valence-corrected chi connectivity index (χ2v) is 6.87. The summed E-state index contributed by atoms with van der Waals surface area (Å²) < 4.78 is 5.76. The molecule has 1 N–H and O–H groups in total. The van der Waals surface area contributed by atoms with Gasteiger partial charge in [-0.05, 0) is 58.1 Å². The van der Waals surface area contributed by atoms with E-state index in [-0.39, 0.29) is 17.6 Å². The fourth-order valence-corrected chi connectivity index (χ4v) is 3.53. The molecule has 3 rings (SSSR count). The van der Waals surface area contributed by atoms with Crippen LogP contribution in [0.3, 0.4) is 0 Å². The first kappa shape index (κ1) is 16.6. The minimum atomic E-state index is -0.271. The summed E-state index contributed by atoms with van der Waals surface area (Å²) in [4.78, 5) is 12.5. The van der Waals surface area contributed by atoms with Crippen molar-refractivity contribution in [3.63, 3.8) is 0 Å². The molecule has 1 atom stereocenters. The van der Waals surface area contributed by atoms with Crippen LogP contribution in [0, 0.1) is 0 Å². The van der Waals surface area contributed by atoms with Gasteiger partial charge in [0.15, 0.2) is 0 Å². The summed E-state index contributed by atoms with van der Waals surface area (Å²) in [5, 5.41) is 10.2. The number of carbonyl (C=O) groups excluding carboxylic acids is 1. The third-order valence-electron chi connectivity index (χ3n) is 4.91. The molecule has 3 nitrogen and oxygen atoms in total. The second kappa shape index (κ2) is 6.68. The first-order valence-corrected chi connectivity index (χ1v) is 8.53. The Morgan fingerprint density at radius 2 is 2.08 bits per heavy atom. The Labute approximate surface area is 143 Å². The second-order valence-electron chi connectivity index (χ2n) is 6.87. The number of fused-ring (bicyclic) bond motifs is 2. The molecular weight excluding hydrogens is 300 g/mol. The van der Waals surface area contributed by atoms with E-state index in [0.29, 0.717) is 24.2 Å². The maximum atomic E-state index is 12.5. The molecule has 2 aliphatic rings. The summed E-state index contributed by atoms with van der Waals surface area (Å²) >= 11 is 0. The Balaban J connectivity index is 2.17. The number of phenols is 1. The number of hydrogen-bond acceptors (Lipinski definition) is 3. The molecule has 24 heavy (non-hydrogen) atoms. The SMILES string of the molecule is C=C(C)[C@@H]1CCC(C)=CCCC2=CCc3cc(O)cc1c3OC2=O. The Hall–Kier alpha value is -2.29. The van der Waals surface area contributed by atoms with Crippen LogP contribution in [0.25, 0.3) is 0 Å². The topological polar surface area (TPSA) is 46.5 Å². The smallest absolute Gasteiger partial charge is 0.339 e. The van der Waals surface area contributed by atoms with Gasteiger partial charge in [0.25, 0.3) is 0 Å². The van der Waals surface area contributed by atoms with Crippen molar-refractivity contribution >= 4 is 5.97 Å². The van der Waals surface area contributed by atoms with Gasteiger partial charge in [0.2, 0.25) is 0 Å². The third-order valence-corrected chi connectivity index (χ3v) is 4.91. The monoisotopic (exact) mass is 324 g/mol. The van der Waals surface area contributed by atoms with Gasteiger partial charge in [-0.3, -0.25) is 0 Å². The number of carbonyl (C=O) groups is 1. The molecule has 0 radical (unpaired) electrons. The third kappa shape index (κ3) is 3.30. The van der Waals surface area contributed by atoms with E-state index in [4.69, 9.17) is 4.74 Å². The van der Waals surface area contributed by atoms with E-state index in [1.165, 1.54) is 5.57 Å². The summed E-state index contributed by atoms with van der Waals surface area (Å²) in [7, 11) is 0. The molecule has 0 unspecified atom stereocenters. The zero-order valence-corrected chi connectivity index (χ0v) is 14.4. The molecule has 1 aromatic rings. The van der Waals surface area contributed by atoms with Gasteiger partial charge in [-0.15, -0.1) is 0 Å². The molecule has 0 spiro atoms. The Morgan fingerprint density at radius 3 is 2.83 bits per heavy atom. The molecule has 0 aromatic heterocycles. The van der Waals surface area contributed by atoms with Gasteiger partial charge in [-0.1, -0.05) is 29.9 Å². The van der Waals surface area contributed by atoms with Gasteiger partial charge in [-0.25, -0.2) is 4.79 Å². The Morgan fingerprint density at radius 1 is 1.29 bits per heavy atom. The molecule has 2 heterocycles. The summed E-state index contributed by atoms with van der Waals surface area (Å²) in [6.45, 7) is 8.26. The number of hydrogen-bond donors (Lipinski definition) is 1. The summed E-state index contributed by atoms with van der Waals surface area (Å²) in [5.74, 6) is 0.611. The molecular formula is C21H24O3. The van der Waals surface area contributed by atoms with Gasteiger partial charge in [0.1, 0.15) is 11.5 Å². The van der Waals surface area contributed by atoms with Crippen molar-refractivity contribution in [2.75, 3.05) is 0 Å². The lowest BCUT2D eigenvalue weighted by molar-refractivity contribution is -0.130. The van der Waals surface area contributed by atoms with Gasteiger partial charge in [0, 0.05) is 22.6 Å². The van der Waals surface area contributed by atoms with E-state index in [1.54, 1.807) is 12.1 Å². The number of ether oxygens (including phenoxy) is 1. The van der Waals surface area contributed by atoms with Crippen molar-refractivity contribution in [2.24, 2.45) is 0 Å². The van der Waals surface area contributed by atoms with Gasteiger partial charge in [0.05, 0.1) is 0 Å². The normalized spacial score (nSPS) is 20.9. The van der Waals surface area contributed by atoms with Crippen LogP contribution in [0.2, 0.25) is 0 Å². The number of esters is 1. The van der Waals surface area contributed by atoms with Crippen LogP contribution in [0.4, 0.5) is 0 Å². The summed E-state index contributed by atoms with van der Waals surface area (Å²) in [5.41, 5.74) is 4.79. The lowest BCUT2D eigenvalue weighted by Gasteiger charge is -2.23. The summed E-state index contributed by atoms with van der Waals surface area (Å²) in [6.07, 6.45) is 8.15. The highest BCUT2D eigenvalue weighted by Gasteiger charge is 2.26. The quantitative estimate of drug-likeness (QED) is 0.451. The standard InChI is InChI=1S/C21H24O3/c1-13(2)18-10-7-14(3)5-4-6-15-8-9-16-11-17(22)12-19(18)20(16)24-21(15)23/h5,8,11-12,18,22H,1,4,6-7,9-10H2,2-3H3/t18-/m0/s1. The van der Waals surface area contributed by atoms with Crippen LogP contribution >= 0.6 is 0 Å². The van der Waals surface area contributed by atoms with Crippen LogP contribution in [0.1, 0.15) is 56.6 Å². The highest BCUT2D eigenvalue weighted by molar-refractivity contribution is 5.91. The van der Waals surface area contributed by atoms with E-state index >= 15 is 0 Å². The fourth-order valence-electron chi connectivity index (χ4n) is 3.53. The number of phenolic OH excluding ortho intramolecular Hbond substituents is 1. The predicted octanol–water partition coefficient (Wildman–Crippen LogP) is 4.96. The first-order valence-electron chi connectivity index (χ1n) is 8.53. The van der Waals surface area contributed by atoms with E-state index in [0.717, 1.165) is 36.0 Å². The average Bonchev–Trinajstić information content (AvgIpc) is 2.66. The molecule has 0 saturated carbocycles. The Kier molecular flexibility index (Phi) is 4.61. The zero-order chi connectivity index (χ0) is 17.3. The van der Waals surface area contributed by atoms with Gasteiger partial charge in [-0.2, -0.15) is 0 Å². The summed E-state index contributed by atoms with van der Waals surface area (Å²) in [6, 6.07) is 3.42. The minimum Gasteiger partial charge on any atom is -0.508 e. The maximum Gasteiger partial charge on any atom is 0.339 e. The number of aromatic hydroxyl groups is 1. The van der Waals surface area contributed by atoms with E-state index < -0.39 is 0 Å². The number of benzene rings is 1. The highest BCUT2D eigenvalue weighted by Crippen LogP contribution is 2.41. The molecule has 0 amide bonds. The van der Waals surface area contributed by atoms with Crippen molar-refractivity contribution in [1.82, 2.24) is 0 Å². The largest absolute Gasteiger partial charge is 0.508 e. The van der Waals surface area contributed by atoms with Crippen LogP contribution in [0.5, 0.6) is 11.5 Å². The average molecular weight is 324 g/mol.